The minimum Gasteiger partial charge on any atom is -0.295 e. The number of carbonyl (C=O) groups is 1. The minimum atomic E-state index is 0.254. The summed E-state index contributed by atoms with van der Waals surface area (Å²) in [6.45, 7) is 5.98. The van der Waals surface area contributed by atoms with Crippen LogP contribution in [0.2, 0.25) is 0 Å². The van der Waals surface area contributed by atoms with E-state index in [-0.39, 0.29) is 5.78 Å². The number of allylic oxidation sites excluding steroid dienone is 2. The van der Waals surface area contributed by atoms with E-state index in [0.717, 1.165) is 5.57 Å². The van der Waals surface area contributed by atoms with Crippen molar-refractivity contribution in [2.75, 3.05) is 0 Å². The molecule has 1 aliphatic rings. The maximum atomic E-state index is 11.1. The van der Waals surface area contributed by atoms with Gasteiger partial charge < -0.3 is 0 Å². The van der Waals surface area contributed by atoms with Crippen LogP contribution in [-0.2, 0) is 4.79 Å². The van der Waals surface area contributed by atoms with Gasteiger partial charge in [-0.3, -0.25) is 4.79 Å². The van der Waals surface area contributed by atoms with Gasteiger partial charge in [-0.25, -0.2) is 0 Å². The molecule has 0 saturated carbocycles. The highest BCUT2D eigenvalue weighted by Gasteiger charge is 2.19. The minimum absolute atomic E-state index is 0.254. The molecule has 1 heteroatoms. The van der Waals surface area contributed by atoms with Crippen LogP contribution in [0.4, 0.5) is 0 Å². The van der Waals surface area contributed by atoms with Crippen molar-refractivity contribution >= 4 is 5.78 Å². The first-order chi connectivity index (χ1) is 5.11. The van der Waals surface area contributed by atoms with Crippen LogP contribution in [-0.4, -0.2) is 5.78 Å². The predicted octanol–water partition coefficient (Wildman–Crippen LogP) is 2.57. The molecule has 0 bridgehead atoms. The van der Waals surface area contributed by atoms with Crippen LogP contribution >= 0.6 is 0 Å². The largest absolute Gasteiger partial charge is 0.295 e. The van der Waals surface area contributed by atoms with E-state index in [1.807, 2.05) is 0 Å². The molecular weight excluding hydrogens is 136 g/mol. The summed E-state index contributed by atoms with van der Waals surface area (Å²) in [5.74, 6) is 1.35. The third-order valence-electron chi connectivity index (χ3n) is 2.46. The van der Waals surface area contributed by atoms with Gasteiger partial charge in [0.15, 0.2) is 5.78 Å². The van der Waals surface area contributed by atoms with Crippen molar-refractivity contribution < 1.29 is 4.79 Å². The van der Waals surface area contributed by atoms with Gasteiger partial charge in [-0.1, -0.05) is 19.9 Å². The van der Waals surface area contributed by atoms with E-state index in [9.17, 15) is 4.79 Å². The monoisotopic (exact) mass is 152 g/mol. The Morgan fingerprint density at radius 1 is 1.45 bits per heavy atom. The number of hydrogen-bond donors (Lipinski definition) is 0. The molecule has 1 nitrogen and oxygen atoms in total. The Balaban J connectivity index is 2.79. The summed E-state index contributed by atoms with van der Waals surface area (Å²) in [5.41, 5.74) is 1.05. The summed E-state index contributed by atoms with van der Waals surface area (Å²) < 4.78 is 0. The van der Waals surface area contributed by atoms with E-state index in [1.54, 1.807) is 6.92 Å². The van der Waals surface area contributed by atoms with E-state index in [1.165, 1.54) is 12.8 Å². The fourth-order valence-electron chi connectivity index (χ4n) is 1.69. The van der Waals surface area contributed by atoms with Crippen molar-refractivity contribution in [2.24, 2.45) is 11.8 Å². The Kier molecular flexibility index (Phi) is 2.48. The third-order valence-corrected chi connectivity index (χ3v) is 2.46. The number of hydrogen-bond acceptors (Lipinski definition) is 1. The van der Waals surface area contributed by atoms with E-state index in [0.29, 0.717) is 11.8 Å². The SMILES string of the molecule is CC(=O)C1=CC(C)CCC1C. The first-order valence-corrected chi connectivity index (χ1v) is 4.34. The fourth-order valence-corrected chi connectivity index (χ4v) is 1.69. The van der Waals surface area contributed by atoms with Crippen LogP contribution in [0.15, 0.2) is 11.6 Å². The fraction of sp³-hybridized carbons (Fsp3) is 0.700. The first kappa shape index (κ1) is 8.51. The normalized spacial score (nSPS) is 31.4. The zero-order chi connectivity index (χ0) is 8.43. The molecule has 11 heavy (non-hydrogen) atoms. The summed E-state index contributed by atoms with van der Waals surface area (Å²) in [6, 6.07) is 0. The topological polar surface area (TPSA) is 17.1 Å². The molecule has 0 aromatic rings. The molecule has 0 aromatic carbocycles. The number of carbonyl (C=O) groups excluding carboxylic acids is 1. The molecule has 2 atom stereocenters. The molecule has 0 fully saturated rings. The van der Waals surface area contributed by atoms with Gasteiger partial charge >= 0.3 is 0 Å². The maximum Gasteiger partial charge on any atom is 0.155 e. The van der Waals surface area contributed by atoms with Gasteiger partial charge in [-0.05, 0) is 37.2 Å². The molecule has 0 amide bonds. The Labute approximate surface area is 68.5 Å². The lowest BCUT2D eigenvalue weighted by atomic mass is 9.83. The average Bonchev–Trinajstić information content (AvgIpc) is 1.94. The van der Waals surface area contributed by atoms with E-state index >= 15 is 0 Å². The third kappa shape index (κ3) is 1.92. The molecule has 0 radical (unpaired) electrons. The molecule has 0 heterocycles. The highest BCUT2D eigenvalue weighted by Crippen LogP contribution is 2.27. The molecular formula is C10H16O. The van der Waals surface area contributed by atoms with Crippen LogP contribution in [0.1, 0.15) is 33.6 Å². The second-order valence-electron chi connectivity index (χ2n) is 3.63. The number of rotatable bonds is 1. The molecule has 1 rings (SSSR count). The zero-order valence-electron chi connectivity index (χ0n) is 7.55. The second-order valence-corrected chi connectivity index (χ2v) is 3.63. The smallest absolute Gasteiger partial charge is 0.155 e. The standard InChI is InChI=1S/C10H16O/c1-7-4-5-8(2)10(6-7)9(3)11/h6-8H,4-5H2,1-3H3. The van der Waals surface area contributed by atoms with Gasteiger partial charge in [0.2, 0.25) is 0 Å². The van der Waals surface area contributed by atoms with Crippen molar-refractivity contribution in [1.29, 1.82) is 0 Å². The van der Waals surface area contributed by atoms with Crippen molar-refractivity contribution in [2.45, 2.75) is 33.6 Å². The zero-order valence-corrected chi connectivity index (χ0v) is 7.55. The Morgan fingerprint density at radius 3 is 2.55 bits per heavy atom. The van der Waals surface area contributed by atoms with Gasteiger partial charge in [-0.15, -0.1) is 0 Å². The lowest BCUT2D eigenvalue weighted by Crippen LogP contribution is -2.14. The van der Waals surface area contributed by atoms with Gasteiger partial charge in [-0.2, -0.15) is 0 Å². The molecule has 0 saturated heterocycles. The summed E-state index contributed by atoms with van der Waals surface area (Å²) in [4.78, 5) is 11.1. The molecule has 2 unspecified atom stereocenters. The van der Waals surface area contributed by atoms with Crippen molar-refractivity contribution in [3.05, 3.63) is 11.6 Å². The molecule has 0 aromatic heterocycles. The Hall–Kier alpha value is -0.590. The maximum absolute atomic E-state index is 11.1. The summed E-state index contributed by atoms with van der Waals surface area (Å²) >= 11 is 0. The average molecular weight is 152 g/mol. The van der Waals surface area contributed by atoms with E-state index < -0.39 is 0 Å². The Morgan fingerprint density at radius 2 is 2.09 bits per heavy atom. The Bertz CT molecular complexity index is 191. The molecule has 1 aliphatic carbocycles. The van der Waals surface area contributed by atoms with Gasteiger partial charge in [0.05, 0.1) is 0 Å². The van der Waals surface area contributed by atoms with Crippen LogP contribution in [0.25, 0.3) is 0 Å². The van der Waals surface area contributed by atoms with Gasteiger partial charge in [0, 0.05) is 0 Å². The van der Waals surface area contributed by atoms with E-state index in [4.69, 9.17) is 0 Å². The van der Waals surface area contributed by atoms with Crippen molar-refractivity contribution in [3.63, 3.8) is 0 Å². The van der Waals surface area contributed by atoms with Gasteiger partial charge in [0.1, 0.15) is 0 Å². The summed E-state index contributed by atoms with van der Waals surface area (Å²) in [6.07, 6.45) is 4.54. The highest BCUT2D eigenvalue weighted by atomic mass is 16.1. The predicted molar refractivity (Wildman–Crippen MR) is 46.3 cm³/mol. The van der Waals surface area contributed by atoms with Crippen molar-refractivity contribution in [1.82, 2.24) is 0 Å². The van der Waals surface area contributed by atoms with Crippen LogP contribution in [0.5, 0.6) is 0 Å². The quantitative estimate of drug-likeness (QED) is 0.564. The number of ketones is 1. The summed E-state index contributed by atoms with van der Waals surface area (Å²) in [7, 11) is 0. The van der Waals surface area contributed by atoms with Crippen molar-refractivity contribution in [3.8, 4) is 0 Å². The first-order valence-electron chi connectivity index (χ1n) is 4.34. The molecule has 0 aliphatic heterocycles. The van der Waals surface area contributed by atoms with Crippen LogP contribution < -0.4 is 0 Å². The molecule has 0 N–H and O–H groups in total. The second kappa shape index (κ2) is 3.21. The lowest BCUT2D eigenvalue weighted by Gasteiger charge is -2.22. The molecule has 62 valence electrons. The highest BCUT2D eigenvalue weighted by molar-refractivity contribution is 5.93. The lowest BCUT2D eigenvalue weighted by molar-refractivity contribution is -0.114. The van der Waals surface area contributed by atoms with E-state index in [2.05, 4.69) is 19.9 Å². The molecule has 0 spiro atoms. The summed E-state index contributed by atoms with van der Waals surface area (Å²) in [5, 5.41) is 0. The van der Waals surface area contributed by atoms with Gasteiger partial charge in [0.25, 0.3) is 0 Å². The van der Waals surface area contributed by atoms with Crippen LogP contribution in [0, 0.1) is 11.8 Å². The van der Waals surface area contributed by atoms with Crippen LogP contribution in [0.3, 0.4) is 0 Å². The number of Topliss-reactive ketones (excluding diaryl/α,β-unsaturated/α-hetero) is 1.